The maximum Gasteiger partial charge on any atom is 0.328 e. The predicted molar refractivity (Wildman–Crippen MR) is 62.6 cm³/mol. The monoisotopic (exact) mass is 299 g/mol. The molecule has 0 saturated heterocycles. The van der Waals surface area contributed by atoms with Crippen molar-refractivity contribution in [1.82, 2.24) is 9.55 Å². The zero-order valence-electron chi connectivity index (χ0n) is 8.72. The molecule has 7 heteroatoms. The molecule has 5 nitrogen and oxygen atoms in total. The van der Waals surface area contributed by atoms with Crippen LogP contribution in [-0.4, -0.2) is 14.5 Å². The standard InChI is InChI=1S/C10H7BrFN3O2/c1-6-5-14(10(11)13-6)8-4-2-3-7(12)9(8)15(16)17/h2-5H,1H3. The number of hydrogen-bond donors (Lipinski definition) is 0. The van der Waals surface area contributed by atoms with Crippen molar-refractivity contribution < 1.29 is 9.31 Å². The minimum atomic E-state index is -0.870. The molecule has 0 fully saturated rings. The third kappa shape index (κ3) is 2.05. The largest absolute Gasteiger partial charge is 0.328 e. The Balaban J connectivity index is 2.71. The Labute approximate surface area is 104 Å². The van der Waals surface area contributed by atoms with Gasteiger partial charge in [0.2, 0.25) is 5.82 Å². The van der Waals surface area contributed by atoms with Crippen LogP contribution in [0.2, 0.25) is 0 Å². The molecule has 1 aromatic heterocycles. The van der Waals surface area contributed by atoms with Crippen LogP contribution in [0.4, 0.5) is 10.1 Å². The van der Waals surface area contributed by atoms with Crippen LogP contribution in [0.3, 0.4) is 0 Å². The number of aryl methyl sites for hydroxylation is 1. The van der Waals surface area contributed by atoms with E-state index in [0.717, 1.165) is 6.07 Å². The SMILES string of the molecule is Cc1cn(-c2cccc(F)c2[N+](=O)[O-])c(Br)n1. The Hall–Kier alpha value is -1.76. The number of imidazole rings is 1. The minimum absolute atomic E-state index is 0.141. The van der Waals surface area contributed by atoms with E-state index in [1.165, 1.54) is 16.7 Å². The fraction of sp³-hybridized carbons (Fsp3) is 0.100. The maximum absolute atomic E-state index is 13.4. The van der Waals surface area contributed by atoms with E-state index in [2.05, 4.69) is 20.9 Å². The average molecular weight is 300 g/mol. The molecule has 0 saturated carbocycles. The van der Waals surface area contributed by atoms with Gasteiger partial charge in [-0.15, -0.1) is 0 Å². The molecule has 0 radical (unpaired) electrons. The molecule has 0 unspecified atom stereocenters. The lowest BCUT2D eigenvalue weighted by Crippen LogP contribution is -2.01. The zero-order chi connectivity index (χ0) is 12.6. The molecule has 0 amide bonds. The van der Waals surface area contributed by atoms with Crippen molar-refractivity contribution in [2.75, 3.05) is 0 Å². The first-order valence-corrected chi connectivity index (χ1v) is 5.45. The second kappa shape index (κ2) is 4.25. The molecule has 0 aliphatic rings. The normalized spacial score (nSPS) is 10.5. The first kappa shape index (κ1) is 11.7. The molecule has 88 valence electrons. The smallest absolute Gasteiger partial charge is 0.288 e. The van der Waals surface area contributed by atoms with E-state index in [0.29, 0.717) is 10.4 Å². The second-order valence-corrected chi connectivity index (χ2v) is 4.10. The van der Waals surface area contributed by atoms with Gasteiger partial charge in [-0.1, -0.05) is 6.07 Å². The third-order valence-corrected chi connectivity index (χ3v) is 2.75. The number of nitrogens with zero attached hydrogens (tertiary/aromatic N) is 3. The summed E-state index contributed by atoms with van der Waals surface area (Å²) < 4.78 is 15.3. The summed E-state index contributed by atoms with van der Waals surface area (Å²) in [6.07, 6.45) is 1.59. The van der Waals surface area contributed by atoms with Crippen LogP contribution in [0.25, 0.3) is 5.69 Å². The first-order valence-electron chi connectivity index (χ1n) is 4.65. The summed E-state index contributed by atoms with van der Waals surface area (Å²) in [4.78, 5) is 14.2. The van der Waals surface area contributed by atoms with Gasteiger partial charge in [-0.3, -0.25) is 14.7 Å². The summed E-state index contributed by atoms with van der Waals surface area (Å²) in [6.45, 7) is 1.74. The van der Waals surface area contributed by atoms with Crippen LogP contribution in [0, 0.1) is 22.9 Å². The van der Waals surface area contributed by atoms with E-state index < -0.39 is 16.4 Å². The van der Waals surface area contributed by atoms with Crippen molar-refractivity contribution in [3.05, 3.63) is 50.8 Å². The maximum atomic E-state index is 13.4. The van der Waals surface area contributed by atoms with Gasteiger partial charge >= 0.3 is 5.69 Å². The van der Waals surface area contributed by atoms with Gasteiger partial charge < -0.3 is 0 Å². The molecule has 1 heterocycles. The number of aromatic nitrogens is 2. The number of rotatable bonds is 2. The molecule has 0 atom stereocenters. The summed E-state index contributed by atoms with van der Waals surface area (Å²) in [7, 11) is 0. The van der Waals surface area contributed by atoms with Gasteiger partial charge in [-0.25, -0.2) is 4.98 Å². The van der Waals surface area contributed by atoms with Crippen molar-refractivity contribution in [3.8, 4) is 5.69 Å². The summed E-state index contributed by atoms with van der Waals surface area (Å²) in [6, 6.07) is 3.94. The van der Waals surface area contributed by atoms with Crippen LogP contribution in [0.1, 0.15) is 5.69 Å². The van der Waals surface area contributed by atoms with Gasteiger partial charge in [0.15, 0.2) is 4.73 Å². The van der Waals surface area contributed by atoms with Crippen molar-refractivity contribution in [2.24, 2.45) is 0 Å². The van der Waals surface area contributed by atoms with E-state index in [-0.39, 0.29) is 5.69 Å². The summed E-state index contributed by atoms with van der Waals surface area (Å²) in [5.74, 6) is -0.870. The highest BCUT2D eigenvalue weighted by Gasteiger charge is 2.22. The first-order chi connectivity index (χ1) is 8.00. The summed E-state index contributed by atoms with van der Waals surface area (Å²) in [5, 5.41) is 10.9. The van der Waals surface area contributed by atoms with Gasteiger partial charge in [0.1, 0.15) is 5.69 Å². The van der Waals surface area contributed by atoms with Gasteiger partial charge in [-0.2, -0.15) is 4.39 Å². The molecular weight excluding hydrogens is 293 g/mol. The van der Waals surface area contributed by atoms with Gasteiger partial charge in [0, 0.05) is 6.20 Å². The predicted octanol–water partition coefficient (Wildman–Crippen LogP) is 2.99. The lowest BCUT2D eigenvalue weighted by atomic mass is 10.2. The highest BCUT2D eigenvalue weighted by molar-refractivity contribution is 9.10. The third-order valence-electron chi connectivity index (χ3n) is 2.19. The van der Waals surface area contributed by atoms with Crippen LogP contribution in [0.15, 0.2) is 29.1 Å². The highest BCUT2D eigenvalue weighted by Crippen LogP contribution is 2.28. The number of para-hydroxylation sites is 1. The molecule has 1 aromatic carbocycles. The number of nitro benzene ring substituents is 1. The Bertz CT molecular complexity index is 597. The van der Waals surface area contributed by atoms with Gasteiger partial charge in [0.25, 0.3) is 0 Å². The van der Waals surface area contributed by atoms with E-state index >= 15 is 0 Å². The molecule has 0 bridgehead atoms. The molecule has 0 N–H and O–H groups in total. The average Bonchev–Trinajstić information content (AvgIpc) is 2.56. The second-order valence-electron chi connectivity index (χ2n) is 3.39. The van der Waals surface area contributed by atoms with E-state index in [9.17, 15) is 14.5 Å². The van der Waals surface area contributed by atoms with Crippen LogP contribution >= 0.6 is 15.9 Å². The number of nitro groups is 1. The van der Waals surface area contributed by atoms with Crippen molar-refractivity contribution in [3.63, 3.8) is 0 Å². The fourth-order valence-electron chi connectivity index (χ4n) is 1.52. The number of benzene rings is 1. The minimum Gasteiger partial charge on any atom is -0.288 e. The highest BCUT2D eigenvalue weighted by atomic mass is 79.9. The quantitative estimate of drug-likeness (QED) is 0.632. The molecule has 0 spiro atoms. The van der Waals surface area contributed by atoms with Crippen LogP contribution in [-0.2, 0) is 0 Å². The van der Waals surface area contributed by atoms with Crippen molar-refractivity contribution in [2.45, 2.75) is 6.92 Å². The van der Waals surface area contributed by atoms with Gasteiger partial charge in [0.05, 0.1) is 10.6 Å². The lowest BCUT2D eigenvalue weighted by molar-refractivity contribution is -0.387. The van der Waals surface area contributed by atoms with Crippen molar-refractivity contribution >= 4 is 21.6 Å². The molecule has 2 rings (SSSR count). The molecule has 17 heavy (non-hydrogen) atoms. The molecular formula is C10H7BrFN3O2. The van der Waals surface area contributed by atoms with E-state index in [1.54, 1.807) is 13.1 Å². The number of hydrogen-bond acceptors (Lipinski definition) is 3. The Kier molecular flexibility index (Phi) is 2.93. The number of halogens is 2. The van der Waals surface area contributed by atoms with E-state index in [4.69, 9.17) is 0 Å². The Morgan fingerprint density at radius 2 is 2.24 bits per heavy atom. The molecule has 0 aliphatic heterocycles. The van der Waals surface area contributed by atoms with Crippen LogP contribution in [0.5, 0.6) is 0 Å². The summed E-state index contributed by atoms with van der Waals surface area (Å²) >= 11 is 3.17. The topological polar surface area (TPSA) is 61.0 Å². The Morgan fingerprint density at radius 3 is 2.76 bits per heavy atom. The van der Waals surface area contributed by atoms with Crippen LogP contribution < -0.4 is 0 Å². The Morgan fingerprint density at radius 1 is 1.53 bits per heavy atom. The van der Waals surface area contributed by atoms with E-state index in [1.807, 2.05) is 0 Å². The summed E-state index contributed by atoms with van der Waals surface area (Å²) in [5.41, 5.74) is 0.253. The molecule has 2 aromatic rings. The fourth-order valence-corrected chi connectivity index (χ4v) is 2.09. The van der Waals surface area contributed by atoms with Crippen molar-refractivity contribution in [1.29, 1.82) is 0 Å². The lowest BCUT2D eigenvalue weighted by Gasteiger charge is -2.05. The molecule has 0 aliphatic carbocycles. The zero-order valence-corrected chi connectivity index (χ0v) is 10.3. The van der Waals surface area contributed by atoms with Gasteiger partial charge in [-0.05, 0) is 35.0 Å².